The lowest BCUT2D eigenvalue weighted by Crippen LogP contribution is -2.12. The fourth-order valence-corrected chi connectivity index (χ4v) is 3.64. The van der Waals surface area contributed by atoms with Gasteiger partial charge in [-0.1, -0.05) is 18.2 Å². The molecular formula is C21H18FN3O2S. The molecule has 4 aromatic rings. The van der Waals surface area contributed by atoms with Crippen molar-refractivity contribution in [1.82, 2.24) is 9.38 Å². The molecule has 0 bridgehead atoms. The molecule has 4 rings (SSSR count). The lowest BCUT2D eigenvalue weighted by molar-refractivity contribution is -0.116. The Morgan fingerprint density at radius 2 is 2.07 bits per heavy atom. The third kappa shape index (κ3) is 3.89. The van der Waals surface area contributed by atoms with Crippen LogP contribution in [0.1, 0.15) is 12.0 Å². The van der Waals surface area contributed by atoms with E-state index in [1.807, 2.05) is 46.4 Å². The number of rotatable bonds is 6. The molecule has 0 spiro atoms. The number of nitrogens with zero attached hydrogens (tertiary/aromatic N) is 2. The van der Waals surface area contributed by atoms with Crippen LogP contribution in [0.2, 0.25) is 0 Å². The summed E-state index contributed by atoms with van der Waals surface area (Å²) in [6, 6.07) is 12.3. The van der Waals surface area contributed by atoms with E-state index in [0.717, 1.165) is 27.5 Å². The molecule has 0 saturated carbocycles. The Balaban J connectivity index is 1.35. The second-order valence-corrected chi connectivity index (χ2v) is 7.19. The van der Waals surface area contributed by atoms with Gasteiger partial charge in [-0.3, -0.25) is 9.20 Å². The summed E-state index contributed by atoms with van der Waals surface area (Å²) in [4.78, 5) is 17.7. The Morgan fingerprint density at radius 3 is 2.79 bits per heavy atom. The van der Waals surface area contributed by atoms with Crippen molar-refractivity contribution in [2.24, 2.45) is 0 Å². The maximum Gasteiger partial charge on any atom is 0.224 e. The van der Waals surface area contributed by atoms with E-state index in [0.29, 0.717) is 6.42 Å². The zero-order chi connectivity index (χ0) is 19.5. The van der Waals surface area contributed by atoms with Gasteiger partial charge in [-0.25, -0.2) is 9.37 Å². The molecule has 2 aromatic carbocycles. The molecule has 0 radical (unpaired) electrons. The lowest BCUT2D eigenvalue weighted by atomic mass is 10.1. The summed E-state index contributed by atoms with van der Waals surface area (Å²) in [5.41, 5.74) is 3.35. The summed E-state index contributed by atoms with van der Waals surface area (Å²) in [6.45, 7) is 0. The average Bonchev–Trinajstić information content (AvgIpc) is 3.29. The van der Waals surface area contributed by atoms with Crippen molar-refractivity contribution in [3.05, 3.63) is 71.6 Å². The number of nitrogens with one attached hydrogen (secondary N) is 1. The van der Waals surface area contributed by atoms with Gasteiger partial charge in [0.05, 0.1) is 12.8 Å². The van der Waals surface area contributed by atoms with Crippen molar-refractivity contribution in [1.29, 1.82) is 0 Å². The van der Waals surface area contributed by atoms with Crippen molar-refractivity contribution in [3.8, 4) is 17.0 Å². The highest BCUT2D eigenvalue weighted by atomic mass is 32.1. The predicted molar refractivity (Wildman–Crippen MR) is 108 cm³/mol. The Bertz CT molecular complexity index is 1090. The first-order valence-electron chi connectivity index (χ1n) is 8.77. The topological polar surface area (TPSA) is 55.6 Å². The predicted octanol–water partition coefficient (Wildman–Crippen LogP) is 4.78. The van der Waals surface area contributed by atoms with Gasteiger partial charge < -0.3 is 10.1 Å². The van der Waals surface area contributed by atoms with Crippen LogP contribution in [-0.2, 0) is 11.2 Å². The minimum absolute atomic E-state index is 0.119. The van der Waals surface area contributed by atoms with E-state index in [1.165, 1.54) is 13.2 Å². The number of aryl methyl sites for hydroxylation is 1. The summed E-state index contributed by atoms with van der Waals surface area (Å²) in [5.74, 6) is -0.340. The maximum atomic E-state index is 13.7. The highest BCUT2D eigenvalue weighted by Gasteiger charge is 2.08. The van der Waals surface area contributed by atoms with Crippen LogP contribution in [-0.4, -0.2) is 22.4 Å². The maximum absolute atomic E-state index is 13.7. The summed E-state index contributed by atoms with van der Waals surface area (Å²) in [5, 5.41) is 4.86. The number of anilines is 1. The molecule has 5 nitrogen and oxygen atoms in total. The zero-order valence-electron chi connectivity index (χ0n) is 15.2. The SMILES string of the molecule is COc1ccc(CCC(=O)Nc2ccc(-c3cn4ccsc4n3)cc2)cc1F. The van der Waals surface area contributed by atoms with Crippen LogP contribution < -0.4 is 10.1 Å². The number of carbonyl (C=O) groups is 1. The minimum Gasteiger partial charge on any atom is -0.494 e. The quantitative estimate of drug-likeness (QED) is 0.511. The van der Waals surface area contributed by atoms with E-state index in [-0.39, 0.29) is 18.1 Å². The van der Waals surface area contributed by atoms with Crippen LogP contribution in [0.25, 0.3) is 16.2 Å². The van der Waals surface area contributed by atoms with Crippen molar-refractivity contribution >= 4 is 27.9 Å². The molecule has 0 atom stereocenters. The Labute approximate surface area is 165 Å². The van der Waals surface area contributed by atoms with Crippen LogP contribution >= 0.6 is 11.3 Å². The van der Waals surface area contributed by atoms with Gasteiger partial charge in [0.2, 0.25) is 5.91 Å². The minimum atomic E-state index is -0.421. The molecule has 0 fully saturated rings. The standard InChI is InChI=1S/C21H18FN3O2S/c1-27-19-8-2-14(12-17(19)22)3-9-20(26)23-16-6-4-15(5-7-16)18-13-25-10-11-28-21(25)24-18/h2,4-8,10-13H,3,9H2,1H3,(H,23,26). The lowest BCUT2D eigenvalue weighted by Gasteiger charge is -2.07. The first kappa shape index (κ1) is 18.2. The summed E-state index contributed by atoms with van der Waals surface area (Å²) in [7, 11) is 1.42. The number of amides is 1. The number of benzene rings is 2. The van der Waals surface area contributed by atoms with Crippen LogP contribution in [0.4, 0.5) is 10.1 Å². The number of hydrogen-bond acceptors (Lipinski definition) is 4. The van der Waals surface area contributed by atoms with Crippen LogP contribution in [0.3, 0.4) is 0 Å². The average molecular weight is 395 g/mol. The van der Waals surface area contributed by atoms with Gasteiger partial charge in [0, 0.05) is 35.4 Å². The van der Waals surface area contributed by atoms with Crippen molar-refractivity contribution in [2.75, 3.05) is 12.4 Å². The largest absolute Gasteiger partial charge is 0.494 e. The number of thiazole rings is 1. The summed E-state index contributed by atoms with van der Waals surface area (Å²) in [6.07, 6.45) is 4.67. The molecule has 0 saturated heterocycles. The van der Waals surface area contributed by atoms with Gasteiger partial charge in [-0.2, -0.15) is 0 Å². The highest BCUT2D eigenvalue weighted by Crippen LogP contribution is 2.23. The van der Waals surface area contributed by atoms with Crippen molar-refractivity contribution in [2.45, 2.75) is 12.8 Å². The number of halogens is 1. The molecule has 0 aliphatic rings. The first-order chi connectivity index (χ1) is 13.6. The van der Waals surface area contributed by atoms with E-state index in [9.17, 15) is 9.18 Å². The Hall–Kier alpha value is -3.19. The van der Waals surface area contributed by atoms with E-state index >= 15 is 0 Å². The fraction of sp³-hybridized carbons (Fsp3) is 0.143. The van der Waals surface area contributed by atoms with Crippen LogP contribution in [0.15, 0.2) is 60.2 Å². The molecule has 1 N–H and O–H groups in total. The third-order valence-electron chi connectivity index (χ3n) is 4.41. The zero-order valence-corrected chi connectivity index (χ0v) is 16.0. The Morgan fingerprint density at radius 1 is 1.25 bits per heavy atom. The van der Waals surface area contributed by atoms with E-state index in [4.69, 9.17) is 4.74 Å². The normalized spacial score (nSPS) is 10.9. The van der Waals surface area contributed by atoms with Gasteiger partial charge in [0.15, 0.2) is 16.5 Å². The Kier molecular flexibility index (Phi) is 5.08. The molecule has 2 aromatic heterocycles. The van der Waals surface area contributed by atoms with E-state index < -0.39 is 5.82 Å². The number of fused-ring (bicyclic) bond motifs is 1. The molecule has 7 heteroatoms. The molecule has 28 heavy (non-hydrogen) atoms. The number of carbonyl (C=O) groups excluding carboxylic acids is 1. The molecule has 2 heterocycles. The first-order valence-corrected chi connectivity index (χ1v) is 9.65. The van der Waals surface area contributed by atoms with Crippen molar-refractivity contribution < 1.29 is 13.9 Å². The second kappa shape index (κ2) is 7.82. The molecule has 0 aliphatic heterocycles. The highest BCUT2D eigenvalue weighted by molar-refractivity contribution is 7.15. The molecule has 0 aliphatic carbocycles. The second-order valence-electron chi connectivity index (χ2n) is 6.31. The number of hydrogen-bond donors (Lipinski definition) is 1. The smallest absolute Gasteiger partial charge is 0.224 e. The fourth-order valence-electron chi connectivity index (χ4n) is 2.94. The van der Waals surface area contributed by atoms with Crippen molar-refractivity contribution in [3.63, 3.8) is 0 Å². The molecule has 142 valence electrons. The monoisotopic (exact) mass is 395 g/mol. The van der Waals surface area contributed by atoms with Gasteiger partial charge >= 0.3 is 0 Å². The van der Waals surface area contributed by atoms with E-state index in [1.54, 1.807) is 23.5 Å². The number of methoxy groups -OCH3 is 1. The molecule has 1 amide bonds. The molecular weight excluding hydrogens is 377 g/mol. The summed E-state index contributed by atoms with van der Waals surface area (Å²) < 4.78 is 20.6. The van der Waals surface area contributed by atoms with Gasteiger partial charge in [-0.15, -0.1) is 11.3 Å². The van der Waals surface area contributed by atoms with Gasteiger partial charge in [0.1, 0.15) is 0 Å². The van der Waals surface area contributed by atoms with E-state index in [2.05, 4.69) is 10.3 Å². The van der Waals surface area contributed by atoms with Gasteiger partial charge in [0.25, 0.3) is 0 Å². The number of imidazole rings is 1. The van der Waals surface area contributed by atoms with Crippen LogP contribution in [0, 0.1) is 5.82 Å². The summed E-state index contributed by atoms with van der Waals surface area (Å²) >= 11 is 1.59. The number of ether oxygens (including phenoxy) is 1. The third-order valence-corrected chi connectivity index (χ3v) is 5.19. The van der Waals surface area contributed by atoms with Crippen LogP contribution in [0.5, 0.6) is 5.75 Å². The number of aromatic nitrogens is 2. The van der Waals surface area contributed by atoms with Gasteiger partial charge in [-0.05, 0) is 36.2 Å². The molecule has 0 unspecified atom stereocenters.